The fourth-order valence-electron chi connectivity index (χ4n) is 1.50. The second-order valence-corrected chi connectivity index (χ2v) is 4.80. The predicted molar refractivity (Wildman–Crippen MR) is 72.9 cm³/mol. The van der Waals surface area contributed by atoms with E-state index in [1.54, 1.807) is 36.7 Å². The lowest BCUT2D eigenvalue weighted by molar-refractivity contribution is 0.0993. The van der Waals surface area contributed by atoms with E-state index in [2.05, 4.69) is 0 Å². The van der Waals surface area contributed by atoms with Gasteiger partial charge in [-0.3, -0.25) is 4.79 Å². The van der Waals surface area contributed by atoms with Crippen molar-refractivity contribution in [3.05, 3.63) is 45.6 Å². The van der Waals surface area contributed by atoms with Crippen molar-refractivity contribution < 1.29 is 4.79 Å². The first-order valence-corrected chi connectivity index (χ1v) is 6.27. The number of amides is 1. The van der Waals surface area contributed by atoms with Crippen LogP contribution < -0.4 is 10.6 Å². The molecule has 0 aliphatic rings. The van der Waals surface area contributed by atoms with Crippen LogP contribution in [0.2, 0.25) is 5.02 Å². The largest absolute Gasteiger partial charge is 0.397 e. The predicted octanol–water partition coefficient (Wildman–Crippen LogP) is 3.26. The molecule has 2 aromatic rings. The number of thiophene rings is 1. The molecule has 2 rings (SSSR count). The third kappa shape index (κ3) is 2.43. The summed E-state index contributed by atoms with van der Waals surface area (Å²) in [5, 5.41) is 4.22. The molecule has 1 aromatic carbocycles. The fraction of sp³-hybridized carbons (Fsp3) is 0.0833. The van der Waals surface area contributed by atoms with Crippen molar-refractivity contribution in [1.29, 1.82) is 0 Å². The topological polar surface area (TPSA) is 46.3 Å². The Morgan fingerprint density at radius 2 is 2.18 bits per heavy atom. The number of rotatable bonds is 2. The Hall–Kier alpha value is -1.52. The minimum atomic E-state index is -0.0970. The van der Waals surface area contributed by atoms with Gasteiger partial charge < -0.3 is 10.6 Å². The van der Waals surface area contributed by atoms with Crippen LogP contribution in [0.4, 0.5) is 11.4 Å². The van der Waals surface area contributed by atoms with Crippen LogP contribution in [-0.4, -0.2) is 13.0 Å². The highest BCUT2D eigenvalue weighted by molar-refractivity contribution is 7.08. The van der Waals surface area contributed by atoms with Gasteiger partial charge in [0.15, 0.2) is 0 Å². The van der Waals surface area contributed by atoms with Gasteiger partial charge in [-0.1, -0.05) is 11.6 Å². The highest BCUT2D eigenvalue weighted by Gasteiger charge is 2.16. The molecule has 0 atom stereocenters. The van der Waals surface area contributed by atoms with Gasteiger partial charge in [0.05, 0.1) is 16.9 Å². The van der Waals surface area contributed by atoms with E-state index in [9.17, 15) is 4.79 Å². The van der Waals surface area contributed by atoms with Crippen LogP contribution in [0.3, 0.4) is 0 Å². The number of carbonyl (C=O) groups excluding carboxylic acids is 1. The van der Waals surface area contributed by atoms with E-state index in [1.165, 1.54) is 16.2 Å². The standard InChI is InChI=1S/C12H11ClN2OS/c1-15(12(16)8-4-5-17-7-8)11-6-9(13)2-3-10(11)14/h2-7H,14H2,1H3. The Balaban J connectivity index is 2.34. The summed E-state index contributed by atoms with van der Waals surface area (Å²) >= 11 is 7.38. The lowest BCUT2D eigenvalue weighted by Gasteiger charge is -2.18. The summed E-state index contributed by atoms with van der Waals surface area (Å²) in [6, 6.07) is 6.85. The van der Waals surface area contributed by atoms with Crippen molar-refractivity contribution in [1.82, 2.24) is 0 Å². The summed E-state index contributed by atoms with van der Waals surface area (Å²) in [4.78, 5) is 13.6. The van der Waals surface area contributed by atoms with Gasteiger partial charge in [0.1, 0.15) is 0 Å². The number of nitrogen functional groups attached to an aromatic ring is 1. The molecule has 0 aliphatic heterocycles. The van der Waals surface area contributed by atoms with Crippen LogP contribution in [0, 0.1) is 0 Å². The van der Waals surface area contributed by atoms with Gasteiger partial charge in [-0.05, 0) is 29.6 Å². The fourth-order valence-corrected chi connectivity index (χ4v) is 2.29. The molecule has 1 amide bonds. The first-order valence-electron chi connectivity index (χ1n) is 4.95. The van der Waals surface area contributed by atoms with E-state index in [4.69, 9.17) is 17.3 Å². The van der Waals surface area contributed by atoms with E-state index >= 15 is 0 Å². The smallest absolute Gasteiger partial charge is 0.258 e. The normalized spacial score (nSPS) is 10.2. The van der Waals surface area contributed by atoms with Gasteiger partial charge in [0.2, 0.25) is 0 Å². The van der Waals surface area contributed by atoms with Crippen molar-refractivity contribution in [3.8, 4) is 0 Å². The van der Waals surface area contributed by atoms with Crippen molar-refractivity contribution in [2.45, 2.75) is 0 Å². The van der Waals surface area contributed by atoms with Crippen LogP contribution in [0.25, 0.3) is 0 Å². The Kier molecular flexibility index (Phi) is 3.36. The molecule has 0 spiro atoms. The van der Waals surface area contributed by atoms with Gasteiger partial charge in [-0.15, -0.1) is 0 Å². The third-order valence-corrected chi connectivity index (χ3v) is 3.34. The van der Waals surface area contributed by atoms with E-state index in [1.807, 2.05) is 5.38 Å². The van der Waals surface area contributed by atoms with Gasteiger partial charge in [0, 0.05) is 17.5 Å². The molecular weight excluding hydrogens is 256 g/mol. The zero-order valence-corrected chi connectivity index (χ0v) is 10.8. The molecule has 0 aliphatic carbocycles. The molecule has 0 bridgehead atoms. The number of hydrogen-bond acceptors (Lipinski definition) is 3. The van der Waals surface area contributed by atoms with E-state index < -0.39 is 0 Å². The van der Waals surface area contributed by atoms with Gasteiger partial charge >= 0.3 is 0 Å². The first-order chi connectivity index (χ1) is 8.09. The van der Waals surface area contributed by atoms with Crippen molar-refractivity contribution in [3.63, 3.8) is 0 Å². The average Bonchev–Trinajstić information content (AvgIpc) is 2.84. The summed E-state index contributed by atoms with van der Waals surface area (Å²) in [6.45, 7) is 0. The lowest BCUT2D eigenvalue weighted by Crippen LogP contribution is -2.26. The zero-order valence-electron chi connectivity index (χ0n) is 9.18. The number of hydrogen-bond donors (Lipinski definition) is 1. The van der Waals surface area contributed by atoms with Crippen LogP contribution in [-0.2, 0) is 0 Å². The molecule has 0 saturated carbocycles. The zero-order chi connectivity index (χ0) is 12.4. The number of nitrogens with two attached hydrogens (primary N) is 1. The molecule has 1 aromatic heterocycles. The number of halogens is 1. The highest BCUT2D eigenvalue weighted by Crippen LogP contribution is 2.27. The van der Waals surface area contributed by atoms with Crippen LogP contribution in [0.1, 0.15) is 10.4 Å². The molecule has 1 heterocycles. The SMILES string of the molecule is CN(C(=O)c1ccsc1)c1cc(Cl)ccc1N. The Labute approximate surface area is 108 Å². The molecule has 17 heavy (non-hydrogen) atoms. The molecule has 0 saturated heterocycles. The van der Waals surface area contributed by atoms with Crippen LogP contribution >= 0.6 is 22.9 Å². The van der Waals surface area contributed by atoms with Gasteiger partial charge in [-0.25, -0.2) is 0 Å². The van der Waals surface area contributed by atoms with Crippen LogP contribution in [0.5, 0.6) is 0 Å². The highest BCUT2D eigenvalue weighted by atomic mass is 35.5. The summed E-state index contributed by atoms with van der Waals surface area (Å²) < 4.78 is 0. The maximum Gasteiger partial charge on any atom is 0.258 e. The van der Waals surface area contributed by atoms with Crippen molar-refractivity contribution in [2.24, 2.45) is 0 Å². The third-order valence-electron chi connectivity index (χ3n) is 2.43. The minimum absolute atomic E-state index is 0.0970. The molecule has 0 fully saturated rings. The summed E-state index contributed by atoms with van der Waals surface area (Å²) in [5.74, 6) is -0.0970. The second-order valence-electron chi connectivity index (χ2n) is 3.58. The molecule has 3 nitrogen and oxygen atoms in total. The average molecular weight is 267 g/mol. The lowest BCUT2D eigenvalue weighted by atomic mass is 10.2. The quantitative estimate of drug-likeness (QED) is 0.848. The molecule has 0 unspecified atom stereocenters. The maximum atomic E-state index is 12.1. The Bertz CT molecular complexity index is 539. The number of nitrogens with zero attached hydrogens (tertiary/aromatic N) is 1. The minimum Gasteiger partial charge on any atom is -0.397 e. The monoisotopic (exact) mass is 266 g/mol. The first kappa shape index (κ1) is 12.0. The van der Waals surface area contributed by atoms with E-state index in [0.717, 1.165) is 0 Å². The maximum absolute atomic E-state index is 12.1. The van der Waals surface area contributed by atoms with Crippen molar-refractivity contribution in [2.75, 3.05) is 17.7 Å². The molecule has 0 radical (unpaired) electrons. The van der Waals surface area contributed by atoms with E-state index in [0.29, 0.717) is 22.0 Å². The summed E-state index contributed by atoms with van der Waals surface area (Å²) in [7, 11) is 1.68. The molecule has 5 heteroatoms. The van der Waals surface area contributed by atoms with Gasteiger partial charge in [-0.2, -0.15) is 11.3 Å². The summed E-state index contributed by atoms with van der Waals surface area (Å²) in [6.07, 6.45) is 0. The van der Waals surface area contributed by atoms with E-state index in [-0.39, 0.29) is 5.91 Å². The van der Waals surface area contributed by atoms with Crippen LogP contribution in [0.15, 0.2) is 35.0 Å². The Morgan fingerprint density at radius 1 is 1.41 bits per heavy atom. The molecule has 88 valence electrons. The number of benzene rings is 1. The second kappa shape index (κ2) is 4.77. The van der Waals surface area contributed by atoms with Crippen molar-refractivity contribution >= 4 is 40.2 Å². The Morgan fingerprint density at radius 3 is 2.82 bits per heavy atom. The van der Waals surface area contributed by atoms with Gasteiger partial charge in [0.25, 0.3) is 5.91 Å². The molecule has 2 N–H and O–H groups in total. The molecular formula is C12H11ClN2OS. The summed E-state index contributed by atoms with van der Waals surface area (Å²) in [5.41, 5.74) is 7.63. The number of anilines is 2. The number of carbonyl (C=O) groups is 1.